The van der Waals surface area contributed by atoms with Crippen LogP contribution in [0.3, 0.4) is 0 Å². The highest BCUT2D eigenvalue weighted by Gasteiger charge is 2.24. The zero-order valence-corrected chi connectivity index (χ0v) is 13.6. The van der Waals surface area contributed by atoms with Gasteiger partial charge in [-0.05, 0) is 43.7 Å². The van der Waals surface area contributed by atoms with Crippen molar-refractivity contribution in [2.45, 2.75) is 76.7 Å². The highest BCUT2D eigenvalue weighted by molar-refractivity contribution is 5.76. The Labute approximate surface area is 133 Å². The van der Waals surface area contributed by atoms with E-state index in [1.54, 1.807) is 0 Å². The third-order valence-corrected chi connectivity index (χ3v) is 5.82. The molecule has 0 radical (unpaired) electrons. The second kappa shape index (κ2) is 6.44. The molecule has 0 aliphatic heterocycles. The van der Waals surface area contributed by atoms with E-state index in [-0.39, 0.29) is 0 Å². The summed E-state index contributed by atoms with van der Waals surface area (Å²) in [7, 11) is 0. The molecule has 0 N–H and O–H groups in total. The lowest BCUT2D eigenvalue weighted by Crippen LogP contribution is -2.18. The van der Waals surface area contributed by atoms with Crippen LogP contribution in [0, 0.1) is 5.92 Å². The van der Waals surface area contributed by atoms with Gasteiger partial charge in [-0.1, -0.05) is 50.7 Å². The number of para-hydroxylation sites is 2. The summed E-state index contributed by atoms with van der Waals surface area (Å²) in [5.41, 5.74) is 2.58. The molecule has 0 atom stereocenters. The monoisotopic (exact) mass is 296 g/mol. The summed E-state index contributed by atoms with van der Waals surface area (Å²) in [5, 5.41) is 0. The van der Waals surface area contributed by atoms with Gasteiger partial charge in [0.05, 0.1) is 11.0 Å². The maximum Gasteiger partial charge on any atom is 0.112 e. The van der Waals surface area contributed by atoms with Crippen molar-refractivity contribution in [2.24, 2.45) is 5.92 Å². The predicted molar refractivity (Wildman–Crippen MR) is 92.1 cm³/mol. The Morgan fingerprint density at radius 2 is 1.55 bits per heavy atom. The van der Waals surface area contributed by atoms with Crippen LogP contribution in [0.5, 0.6) is 0 Å². The fourth-order valence-corrected chi connectivity index (χ4v) is 4.59. The van der Waals surface area contributed by atoms with Crippen molar-refractivity contribution in [1.29, 1.82) is 0 Å². The average Bonchev–Trinajstić information content (AvgIpc) is 2.95. The van der Waals surface area contributed by atoms with Crippen LogP contribution in [0.25, 0.3) is 11.0 Å². The quantitative estimate of drug-likeness (QED) is 0.714. The van der Waals surface area contributed by atoms with Crippen molar-refractivity contribution in [3.8, 4) is 0 Å². The van der Waals surface area contributed by atoms with Crippen molar-refractivity contribution in [1.82, 2.24) is 9.55 Å². The van der Waals surface area contributed by atoms with Gasteiger partial charge in [0, 0.05) is 12.5 Å². The number of aromatic nitrogens is 2. The first kappa shape index (κ1) is 14.3. The fraction of sp³-hybridized carbons (Fsp3) is 0.650. The maximum absolute atomic E-state index is 5.06. The first-order valence-corrected chi connectivity index (χ1v) is 9.37. The van der Waals surface area contributed by atoms with Gasteiger partial charge < -0.3 is 4.57 Å². The van der Waals surface area contributed by atoms with Crippen molar-refractivity contribution in [3.63, 3.8) is 0 Å². The molecule has 0 bridgehead atoms. The minimum Gasteiger partial charge on any atom is -0.327 e. The summed E-state index contributed by atoms with van der Waals surface area (Å²) in [4.78, 5) is 5.06. The van der Waals surface area contributed by atoms with Crippen LogP contribution in [-0.4, -0.2) is 9.55 Å². The number of fused-ring (bicyclic) bond motifs is 1. The van der Waals surface area contributed by atoms with Gasteiger partial charge in [0.1, 0.15) is 5.82 Å². The van der Waals surface area contributed by atoms with Crippen molar-refractivity contribution in [3.05, 3.63) is 30.1 Å². The van der Waals surface area contributed by atoms with E-state index in [4.69, 9.17) is 4.98 Å². The lowest BCUT2D eigenvalue weighted by molar-refractivity contribution is 0.312. The van der Waals surface area contributed by atoms with Crippen LogP contribution < -0.4 is 0 Å². The topological polar surface area (TPSA) is 17.8 Å². The normalized spacial score (nSPS) is 21.5. The first-order valence-electron chi connectivity index (χ1n) is 9.37. The zero-order valence-electron chi connectivity index (χ0n) is 13.6. The SMILES string of the molecule is c1ccc2c(c1)nc(C1CCCCC1)n2CC1CCCCC1. The van der Waals surface area contributed by atoms with Gasteiger partial charge in [0.15, 0.2) is 0 Å². The van der Waals surface area contributed by atoms with Crippen LogP contribution in [0.1, 0.15) is 76.0 Å². The highest BCUT2D eigenvalue weighted by Crippen LogP contribution is 2.35. The van der Waals surface area contributed by atoms with Crippen molar-refractivity contribution >= 4 is 11.0 Å². The van der Waals surface area contributed by atoms with E-state index in [1.165, 1.54) is 87.6 Å². The van der Waals surface area contributed by atoms with Gasteiger partial charge in [0.2, 0.25) is 0 Å². The largest absolute Gasteiger partial charge is 0.327 e. The van der Waals surface area contributed by atoms with Gasteiger partial charge in [-0.25, -0.2) is 4.98 Å². The van der Waals surface area contributed by atoms with E-state index in [0.717, 1.165) is 5.92 Å². The molecule has 22 heavy (non-hydrogen) atoms. The number of imidazole rings is 1. The molecule has 1 aromatic carbocycles. The molecule has 4 rings (SSSR count). The van der Waals surface area contributed by atoms with Crippen LogP contribution in [-0.2, 0) is 6.54 Å². The molecule has 1 heterocycles. The molecule has 0 amide bonds. The van der Waals surface area contributed by atoms with Crippen LogP contribution in [0.4, 0.5) is 0 Å². The second-order valence-corrected chi connectivity index (χ2v) is 7.41. The Balaban J connectivity index is 1.69. The molecule has 2 nitrogen and oxygen atoms in total. The molecule has 1 aromatic heterocycles. The smallest absolute Gasteiger partial charge is 0.112 e. The Hall–Kier alpha value is -1.31. The second-order valence-electron chi connectivity index (χ2n) is 7.41. The fourth-order valence-electron chi connectivity index (χ4n) is 4.59. The molecular weight excluding hydrogens is 268 g/mol. The standard InChI is InChI=1S/C20H28N2/c1-3-9-16(10-4-1)15-22-19-14-8-7-13-18(19)21-20(22)17-11-5-2-6-12-17/h7-8,13-14,16-17H,1-6,9-12,15H2. The van der Waals surface area contributed by atoms with E-state index in [2.05, 4.69) is 28.8 Å². The molecule has 0 spiro atoms. The molecule has 0 unspecified atom stereocenters. The van der Waals surface area contributed by atoms with Crippen LogP contribution in [0.15, 0.2) is 24.3 Å². The van der Waals surface area contributed by atoms with Crippen molar-refractivity contribution < 1.29 is 0 Å². The minimum atomic E-state index is 0.699. The Morgan fingerprint density at radius 1 is 0.864 bits per heavy atom. The van der Waals surface area contributed by atoms with Gasteiger partial charge in [0.25, 0.3) is 0 Å². The molecule has 2 aromatic rings. The van der Waals surface area contributed by atoms with Gasteiger partial charge >= 0.3 is 0 Å². The summed E-state index contributed by atoms with van der Waals surface area (Å²) < 4.78 is 2.60. The lowest BCUT2D eigenvalue weighted by Gasteiger charge is -2.26. The summed E-state index contributed by atoms with van der Waals surface area (Å²) in [6.45, 7) is 1.20. The molecule has 0 saturated heterocycles. The highest BCUT2D eigenvalue weighted by atomic mass is 15.1. The number of benzene rings is 1. The summed E-state index contributed by atoms with van der Waals surface area (Å²) in [5.74, 6) is 2.96. The Bertz CT molecular complexity index is 616. The van der Waals surface area contributed by atoms with Crippen LogP contribution >= 0.6 is 0 Å². The number of rotatable bonds is 3. The lowest BCUT2D eigenvalue weighted by atomic mass is 9.87. The molecule has 2 aliphatic carbocycles. The average molecular weight is 296 g/mol. The third-order valence-electron chi connectivity index (χ3n) is 5.82. The molecular formula is C20H28N2. The minimum absolute atomic E-state index is 0.699. The maximum atomic E-state index is 5.06. The summed E-state index contributed by atoms with van der Waals surface area (Å²) >= 11 is 0. The van der Waals surface area contributed by atoms with Crippen molar-refractivity contribution in [2.75, 3.05) is 0 Å². The molecule has 2 fully saturated rings. The van der Waals surface area contributed by atoms with Gasteiger partial charge in [-0.2, -0.15) is 0 Å². The van der Waals surface area contributed by atoms with Gasteiger partial charge in [-0.3, -0.25) is 0 Å². The van der Waals surface area contributed by atoms with E-state index in [0.29, 0.717) is 5.92 Å². The van der Waals surface area contributed by atoms with Crippen LogP contribution in [0.2, 0.25) is 0 Å². The summed E-state index contributed by atoms with van der Waals surface area (Å²) in [6, 6.07) is 8.77. The van der Waals surface area contributed by atoms with E-state index >= 15 is 0 Å². The molecule has 2 saturated carbocycles. The van der Waals surface area contributed by atoms with Gasteiger partial charge in [-0.15, -0.1) is 0 Å². The van der Waals surface area contributed by atoms with E-state index in [9.17, 15) is 0 Å². The number of nitrogens with zero attached hydrogens (tertiary/aromatic N) is 2. The van der Waals surface area contributed by atoms with E-state index < -0.39 is 0 Å². The van der Waals surface area contributed by atoms with E-state index in [1.807, 2.05) is 0 Å². The first-order chi connectivity index (χ1) is 10.9. The molecule has 118 valence electrons. The molecule has 2 heteroatoms. The third kappa shape index (κ3) is 2.80. The molecule has 2 aliphatic rings. The number of hydrogen-bond acceptors (Lipinski definition) is 1. The predicted octanol–water partition coefficient (Wildman–Crippen LogP) is 5.66. The Kier molecular flexibility index (Phi) is 4.18. The Morgan fingerprint density at radius 3 is 2.32 bits per heavy atom. The number of hydrogen-bond donors (Lipinski definition) is 0. The zero-order chi connectivity index (χ0) is 14.8. The summed E-state index contributed by atoms with van der Waals surface area (Å²) in [6.07, 6.45) is 14.0.